The molecule has 160 valence electrons. The zero-order valence-electron chi connectivity index (χ0n) is 18.0. The largest absolute Gasteiger partial charge is 0.490 e. The fourth-order valence-electron chi connectivity index (χ4n) is 6.72. The molecule has 5 aliphatic rings. The van der Waals surface area contributed by atoms with Crippen molar-refractivity contribution in [2.24, 2.45) is 5.92 Å². The van der Waals surface area contributed by atoms with Crippen molar-refractivity contribution in [3.63, 3.8) is 0 Å². The van der Waals surface area contributed by atoms with E-state index in [4.69, 9.17) is 9.47 Å². The molecule has 30 heavy (non-hydrogen) atoms. The van der Waals surface area contributed by atoms with E-state index in [1.165, 1.54) is 12.0 Å². The topological polar surface area (TPSA) is 54.6 Å². The molecule has 4 bridgehead atoms. The summed E-state index contributed by atoms with van der Waals surface area (Å²) in [5.74, 6) is 2.17. The fourth-order valence-corrected chi connectivity index (χ4v) is 6.72. The Morgan fingerprint density at radius 2 is 2.00 bits per heavy atom. The molecule has 5 heteroatoms. The number of piperidine rings is 2. The molecule has 5 nitrogen and oxygen atoms in total. The summed E-state index contributed by atoms with van der Waals surface area (Å²) in [7, 11) is 1.86. The van der Waals surface area contributed by atoms with Gasteiger partial charge in [0.1, 0.15) is 5.75 Å². The van der Waals surface area contributed by atoms with Crippen LogP contribution in [-0.4, -0.2) is 46.7 Å². The molecule has 2 aromatic rings. The zero-order valence-corrected chi connectivity index (χ0v) is 18.0. The minimum absolute atomic E-state index is 0.0325. The van der Waals surface area contributed by atoms with Crippen molar-refractivity contribution in [2.45, 2.75) is 88.0 Å². The maximum atomic E-state index is 13.5. The third-order valence-corrected chi connectivity index (χ3v) is 8.12. The standard InChI is InChI=1S/C25H32N2O3/c1-15(20-14-26-21-4-3-5-22(24(20)21)30-19-6-7-19)8-23(28)27-17-9-16-10-18(27)13-25(11-16,12-17)29-2/h3-5,14-19,26H,6-13H2,1-2H3. The minimum Gasteiger partial charge on any atom is -0.490 e. The number of aromatic nitrogens is 1. The highest BCUT2D eigenvalue weighted by atomic mass is 16.5. The highest BCUT2D eigenvalue weighted by Gasteiger charge is 2.56. The summed E-state index contributed by atoms with van der Waals surface area (Å²) in [6.45, 7) is 2.18. The predicted molar refractivity (Wildman–Crippen MR) is 116 cm³/mol. The van der Waals surface area contributed by atoms with Crippen LogP contribution in [0, 0.1) is 5.92 Å². The lowest BCUT2D eigenvalue weighted by Crippen LogP contribution is -2.66. The summed E-state index contributed by atoms with van der Waals surface area (Å²) in [4.78, 5) is 19.1. The molecular formula is C25H32N2O3. The number of hydrogen-bond donors (Lipinski definition) is 1. The predicted octanol–water partition coefficient (Wildman–Crippen LogP) is 4.76. The van der Waals surface area contributed by atoms with E-state index < -0.39 is 0 Å². The molecule has 2 saturated heterocycles. The Hall–Kier alpha value is -2.01. The van der Waals surface area contributed by atoms with E-state index in [0.717, 1.165) is 61.1 Å². The van der Waals surface area contributed by atoms with Crippen LogP contribution in [0.2, 0.25) is 0 Å². The van der Waals surface area contributed by atoms with Crippen molar-refractivity contribution in [1.82, 2.24) is 9.88 Å². The number of methoxy groups -OCH3 is 1. The Morgan fingerprint density at radius 3 is 2.70 bits per heavy atom. The van der Waals surface area contributed by atoms with Gasteiger partial charge in [-0.3, -0.25) is 4.79 Å². The van der Waals surface area contributed by atoms with Gasteiger partial charge in [-0.25, -0.2) is 0 Å². The molecule has 7 rings (SSSR count). The van der Waals surface area contributed by atoms with E-state index in [1.807, 2.05) is 13.2 Å². The number of hydrogen-bond acceptors (Lipinski definition) is 3. The lowest BCUT2D eigenvalue weighted by atomic mass is 9.61. The number of benzene rings is 1. The first-order chi connectivity index (χ1) is 14.5. The molecule has 0 radical (unpaired) electrons. The van der Waals surface area contributed by atoms with Crippen LogP contribution in [0.1, 0.15) is 69.8 Å². The van der Waals surface area contributed by atoms with Crippen molar-refractivity contribution in [2.75, 3.05) is 7.11 Å². The summed E-state index contributed by atoms with van der Waals surface area (Å²) in [6, 6.07) is 6.94. The van der Waals surface area contributed by atoms with E-state index in [1.54, 1.807) is 0 Å². The number of aromatic amines is 1. The summed E-state index contributed by atoms with van der Waals surface area (Å²) in [6.07, 6.45) is 10.8. The maximum Gasteiger partial charge on any atom is 0.223 e. The quantitative estimate of drug-likeness (QED) is 0.750. The first-order valence-electron chi connectivity index (χ1n) is 11.7. The molecule has 3 unspecified atom stereocenters. The summed E-state index contributed by atoms with van der Waals surface area (Å²) >= 11 is 0. The van der Waals surface area contributed by atoms with Gasteiger partial charge in [-0.05, 0) is 74.5 Å². The average Bonchev–Trinajstić information content (AvgIpc) is 3.42. The van der Waals surface area contributed by atoms with Crippen molar-refractivity contribution >= 4 is 16.8 Å². The van der Waals surface area contributed by atoms with Gasteiger partial charge >= 0.3 is 0 Å². The van der Waals surface area contributed by atoms with Gasteiger partial charge in [-0.15, -0.1) is 0 Å². The van der Waals surface area contributed by atoms with Crippen LogP contribution >= 0.6 is 0 Å². The second-order valence-corrected chi connectivity index (χ2v) is 10.3. The van der Waals surface area contributed by atoms with Crippen LogP contribution in [0.15, 0.2) is 24.4 Å². The second kappa shape index (κ2) is 6.74. The third kappa shape index (κ3) is 2.96. The number of H-pyrrole nitrogens is 1. The van der Waals surface area contributed by atoms with Crippen molar-refractivity contribution in [3.8, 4) is 5.75 Å². The molecule has 5 fully saturated rings. The average molecular weight is 409 g/mol. The Labute approximate surface area is 178 Å². The van der Waals surface area contributed by atoms with Crippen LogP contribution in [0.25, 0.3) is 10.9 Å². The molecule has 3 heterocycles. The number of carbonyl (C=O) groups is 1. The van der Waals surface area contributed by atoms with E-state index in [0.29, 0.717) is 30.5 Å². The number of amides is 1. The van der Waals surface area contributed by atoms with Crippen LogP contribution in [-0.2, 0) is 9.53 Å². The monoisotopic (exact) mass is 408 g/mol. The lowest BCUT2D eigenvalue weighted by molar-refractivity contribution is -0.183. The number of carbonyl (C=O) groups excluding carboxylic acids is 1. The third-order valence-electron chi connectivity index (χ3n) is 8.12. The Kier molecular flexibility index (Phi) is 4.21. The molecule has 1 aromatic carbocycles. The van der Waals surface area contributed by atoms with Crippen LogP contribution in [0.3, 0.4) is 0 Å². The number of nitrogens with zero attached hydrogens (tertiary/aromatic N) is 1. The molecule has 2 aliphatic heterocycles. The highest BCUT2D eigenvalue weighted by Crippen LogP contribution is 2.53. The van der Waals surface area contributed by atoms with Gasteiger partial charge in [0.25, 0.3) is 0 Å². The molecule has 1 amide bonds. The highest BCUT2D eigenvalue weighted by molar-refractivity contribution is 5.90. The summed E-state index contributed by atoms with van der Waals surface area (Å²) < 4.78 is 12.1. The maximum absolute atomic E-state index is 13.5. The summed E-state index contributed by atoms with van der Waals surface area (Å²) in [5, 5.41) is 1.16. The smallest absolute Gasteiger partial charge is 0.223 e. The van der Waals surface area contributed by atoms with Crippen LogP contribution in [0.5, 0.6) is 5.75 Å². The van der Waals surface area contributed by atoms with E-state index in [-0.39, 0.29) is 11.5 Å². The van der Waals surface area contributed by atoms with Crippen molar-refractivity contribution in [3.05, 3.63) is 30.0 Å². The number of ether oxygens (including phenoxy) is 2. The molecule has 1 N–H and O–H groups in total. The summed E-state index contributed by atoms with van der Waals surface area (Å²) in [5.41, 5.74) is 2.33. The zero-order chi connectivity index (χ0) is 20.5. The van der Waals surface area contributed by atoms with Gasteiger partial charge in [0.2, 0.25) is 5.91 Å². The Balaban J connectivity index is 1.23. The van der Waals surface area contributed by atoms with Crippen LogP contribution < -0.4 is 4.74 Å². The first-order valence-corrected chi connectivity index (χ1v) is 11.7. The first kappa shape index (κ1) is 18.7. The van der Waals surface area contributed by atoms with E-state index in [2.05, 4.69) is 35.1 Å². The van der Waals surface area contributed by atoms with Crippen LogP contribution in [0.4, 0.5) is 0 Å². The van der Waals surface area contributed by atoms with Gasteiger partial charge < -0.3 is 19.4 Å². The van der Waals surface area contributed by atoms with Gasteiger partial charge in [-0.2, -0.15) is 0 Å². The second-order valence-electron chi connectivity index (χ2n) is 10.3. The lowest BCUT2D eigenvalue weighted by Gasteiger charge is -2.61. The number of fused-ring (bicyclic) bond motifs is 1. The van der Waals surface area contributed by atoms with E-state index >= 15 is 0 Å². The molecule has 3 atom stereocenters. The number of rotatable bonds is 6. The SMILES string of the molecule is COC12CC3CC(C1)N(C(=O)CC(C)c1c[nH]c4cccc(OC5CC5)c14)C(C3)C2. The minimum atomic E-state index is 0.0325. The van der Waals surface area contributed by atoms with E-state index in [9.17, 15) is 4.79 Å². The van der Waals surface area contributed by atoms with Gasteiger partial charge in [0.15, 0.2) is 0 Å². The normalized spacial score (nSPS) is 33.3. The van der Waals surface area contributed by atoms with Gasteiger partial charge in [-0.1, -0.05) is 13.0 Å². The Morgan fingerprint density at radius 1 is 1.23 bits per heavy atom. The molecule has 3 saturated carbocycles. The van der Waals surface area contributed by atoms with Gasteiger partial charge in [0, 0.05) is 42.7 Å². The Bertz CT molecular complexity index is 962. The fraction of sp³-hybridized carbons (Fsp3) is 0.640. The number of nitrogens with one attached hydrogen (secondary N) is 1. The molecule has 3 aliphatic carbocycles. The molecular weight excluding hydrogens is 376 g/mol. The van der Waals surface area contributed by atoms with Gasteiger partial charge in [0.05, 0.1) is 11.7 Å². The van der Waals surface area contributed by atoms with Crippen molar-refractivity contribution in [1.29, 1.82) is 0 Å². The van der Waals surface area contributed by atoms with Crippen molar-refractivity contribution < 1.29 is 14.3 Å². The molecule has 1 aromatic heterocycles. The molecule has 0 spiro atoms.